The molecule has 0 spiro atoms. The Kier molecular flexibility index (Phi) is 6.30. The number of rotatable bonds is 2. The highest BCUT2D eigenvalue weighted by molar-refractivity contribution is 9.10. The molecule has 1 aromatic rings. The van der Waals surface area contributed by atoms with Crippen LogP contribution in [0.1, 0.15) is 24.2 Å². The number of hydrogen-bond acceptors (Lipinski definition) is 3. The number of halogens is 2. The second-order valence-electron chi connectivity index (χ2n) is 5.03. The average Bonchev–Trinajstić information content (AvgIpc) is 2.36. The summed E-state index contributed by atoms with van der Waals surface area (Å²) in [7, 11) is 1.61. The Morgan fingerprint density at radius 2 is 1.95 bits per heavy atom. The van der Waals surface area contributed by atoms with Crippen LogP contribution in [0.4, 0.5) is 0 Å². The van der Waals surface area contributed by atoms with Crippen LogP contribution in [-0.4, -0.2) is 43.1 Å². The summed E-state index contributed by atoms with van der Waals surface area (Å²) in [6.45, 7) is 5.68. The molecule has 112 valence electrons. The third-order valence-corrected chi connectivity index (χ3v) is 3.86. The minimum Gasteiger partial charge on any atom is -0.496 e. The van der Waals surface area contributed by atoms with Gasteiger partial charge in [-0.25, -0.2) is 0 Å². The number of piperazine rings is 1. The number of carbonyl (C=O) groups excluding carboxylic acids is 1. The van der Waals surface area contributed by atoms with Gasteiger partial charge in [-0.1, -0.05) is 0 Å². The maximum absolute atomic E-state index is 12.5. The molecule has 1 fully saturated rings. The molecular weight excluding hydrogens is 344 g/mol. The highest BCUT2D eigenvalue weighted by Gasteiger charge is 2.25. The Labute approximate surface area is 134 Å². The van der Waals surface area contributed by atoms with E-state index in [1.54, 1.807) is 7.11 Å². The van der Waals surface area contributed by atoms with Gasteiger partial charge >= 0.3 is 0 Å². The molecule has 1 aliphatic rings. The van der Waals surface area contributed by atoms with Crippen LogP contribution in [-0.2, 0) is 0 Å². The van der Waals surface area contributed by atoms with E-state index in [-0.39, 0.29) is 18.3 Å². The Balaban J connectivity index is 0.00000200. The molecule has 1 amide bonds. The molecule has 20 heavy (non-hydrogen) atoms. The van der Waals surface area contributed by atoms with Crippen molar-refractivity contribution in [2.24, 2.45) is 0 Å². The Bertz CT molecular complexity index is 474. The van der Waals surface area contributed by atoms with E-state index in [2.05, 4.69) is 35.1 Å². The molecule has 1 heterocycles. The lowest BCUT2D eigenvalue weighted by Crippen LogP contribution is -2.55. The summed E-state index contributed by atoms with van der Waals surface area (Å²) in [5.74, 6) is 0.808. The zero-order valence-corrected chi connectivity index (χ0v) is 14.3. The Hall–Kier alpha value is -0.780. The molecule has 1 aromatic carbocycles. The Morgan fingerprint density at radius 3 is 2.45 bits per heavy atom. The van der Waals surface area contributed by atoms with Crippen LogP contribution in [0.5, 0.6) is 5.75 Å². The quantitative estimate of drug-likeness (QED) is 0.878. The number of amides is 1. The second kappa shape index (κ2) is 7.29. The minimum atomic E-state index is 0. The maximum atomic E-state index is 12.5. The van der Waals surface area contributed by atoms with Crippen molar-refractivity contribution in [3.8, 4) is 5.75 Å². The van der Waals surface area contributed by atoms with Crippen LogP contribution in [0.25, 0.3) is 0 Å². The van der Waals surface area contributed by atoms with Gasteiger partial charge in [0.05, 0.1) is 11.6 Å². The van der Waals surface area contributed by atoms with Crippen LogP contribution in [0.2, 0.25) is 0 Å². The molecule has 0 aromatic heterocycles. The normalized spacial score (nSPS) is 22.1. The van der Waals surface area contributed by atoms with Crippen LogP contribution < -0.4 is 10.1 Å². The van der Waals surface area contributed by atoms with Gasteiger partial charge in [0.1, 0.15) is 5.75 Å². The molecule has 0 radical (unpaired) electrons. The van der Waals surface area contributed by atoms with Gasteiger partial charge in [-0.2, -0.15) is 0 Å². The van der Waals surface area contributed by atoms with Crippen LogP contribution in [0.3, 0.4) is 0 Å². The Morgan fingerprint density at radius 1 is 1.35 bits per heavy atom. The lowest BCUT2D eigenvalue weighted by atomic mass is 10.1. The van der Waals surface area contributed by atoms with Crippen molar-refractivity contribution < 1.29 is 9.53 Å². The first kappa shape index (κ1) is 17.3. The van der Waals surface area contributed by atoms with Gasteiger partial charge in [-0.05, 0) is 48.0 Å². The molecule has 2 atom stereocenters. The fourth-order valence-corrected chi connectivity index (χ4v) is 3.02. The number of nitrogens with one attached hydrogen (secondary N) is 1. The zero-order chi connectivity index (χ0) is 14.0. The van der Waals surface area contributed by atoms with Crippen LogP contribution in [0, 0.1) is 0 Å². The minimum absolute atomic E-state index is 0. The van der Waals surface area contributed by atoms with Gasteiger partial charge in [0.15, 0.2) is 0 Å². The molecule has 1 saturated heterocycles. The van der Waals surface area contributed by atoms with Crippen molar-refractivity contribution in [2.75, 3.05) is 20.2 Å². The van der Waals surface area contributed by atoms with E-state index >= 15 is 0 Å². The van der Waals surface area contributed by atoms with E-state index in [4.69, 9.17) is 4.74 Å². The number of benzene rings is 1. The van der Waals surface area contributed by atoms with Gasteiger partial charge in [-0.15, -0.1) is 12.4 Å². The summed E-state index contributed by atoms with van der Waals surface area (Å²) < 4.78 is 5.98. The average molecular weight is 364 g/mol. The molecule has 0 saturated carbocycles. The first-order chi connectivity index (χ1) is 9.01. The molecule has 4 nitrogen and oxygen atoms in total. The van der Waals surface area contributed by atoms with E-state index < -0.39 is 0 Å². The molecule has 0 bridgehead atoms. The van der Waals surface area contributed by atoms with Gasteiger partial charge in [-0.3, -0.25) is 4.79 Å². The van der Waals surface area contributed by atoms with E-state index in [0.717, 1.165) is 23.3 Å². The summed E-state index contributed by atoms with van der Waals surface area (Å²) in [6, 6.07) is 6.09. The number of carbonyl (C=O) groups is 1. The van der Waals surface area contributed by atoms with Crippen LogP contribution in [0.15, 0.2) is 22.7 Å². The fourth-order valence-electron chi connectivity index (χ4n) is 2.47. The molecule has 1 aliphatic heterocycles. The summed E-state index contributed by atoms with van der Waals surface area (Å²) >= 11 is 3.42. The van der Waals surface area contributed by atoms with Crippen molar-refractivity contribution >= 4 is 34.2 Å². The SMILES string of the molecule is COc1ccc(C(=O)N2CC(C)NC(C)C2)cc1Br.Cl. The van der Waals surface area contributed by atoms with E-state index in [0.29, 0.717) is 17.6 Å². The van der Waals surface area contributed by atoms with Gasteiger partial charge < -0.3 is 15.0 Å². The molecule has 0 aliphatic carbocycles. The molecule has 1 N–H and O–H groups in total. The summed E-state index contributed by atoms with van der Waals surface area (Å²) in [5.41, 5.74) is 0.689. The van der Waals surface area contributed by atoms with Crippen molar-refractivity contribution in [3.05, 3.63) is 28.2 Å². The largest absolute Gasteiger partial charge is 0.496 e. The topological polar surface area (TPSA) is 41.6 Å². The summed E-state index contributed by atoms with van der Waals surface area (Å²) in [6.07, 6.45) is 0. The number of ether oxygens (including phenoxy) is 1. The zero-order valence-electron chi connectivity index (χ0n) is 11.9. The fraction of sp³-hybridized carbons (Fsp3) is 0.500. The molecule has 6 heteroatoms. The van der Waals surface area contributed by atoms with Crippen molar-refractivity contribution in [1.29, 1.82) is 0 Å². The van der Waals surface area contributed by atoms with Crippen molar-refractivity contribution in [3.63, 3.8) is 0 Å². The summed E-state index contributed by atoms with van der Waals surface area (Å²) in [5, 5.41) is 3.42. The number of nitrogens with zero attached hydrogens (tertiary/aromatic N) is 1. The predicted molar refractivity (Wildman–Crippen MR) is 85.9 cm³/mol. The van der Waals surface area contributed by atoms with Gasteiger partial charge in [0.25, 0.3) is 5.91 Å². The predicted octanol–water partition coefficient (Wildman–Crippen LogP) is 2.70. The second-order valence-corrected chi connectivity index (χ2v) is 5.88. The third kappa shape index (κ3) is 3.87. The van der Waals surface area contributed by atoms with Crippen LogP contribution >= 0.6 is 28.3 Å². The van der Waals surface area contributed by atoms with E-state index in [1.807, 2.05) is 23.1 Å². The lowest BCUT2D eigenvalue weighted by Gasteiger charge is -2.36. The molecule has 2 rings (SSSR count). The first-order valence-corrected chi connectivity index (χ1v) is 7.19. The van der Waals surface area contributed by atoms with Gasteiger partial charge in [0.2, 0.25) is 0 Å². The summed E-state index contributed by atoms with van der Waals surface area (Å²) in [4.78, 5) is 14.4. The number of hydrogen-bond donors (Lipinski definition) is 1. The van der Waals surface area contributed by atoms with Gasteiger partial charge in [0, 0.05) is 30.7 Å². The first-order valence-electron chi connectivity index (χ1n) is 6.40. The van der Waals surface area contributed by atoms with E-state index in [1.165, 1.54) is 0 Å². The monoisotopic (exact) mass is 362 g/mol. The third-order valence-electron chi connectivity index (χ3n) is 3.24. The highest BCUT2D eigenvalue weighted by Crippen LogP contribution is 2.26. The maximum Gasteiger partial charge on any atom is 0.254 e. The lowest BCUT2D eigenvalue weighted by molar-refractivity contribution is 0.0673. The smallest absolute Gasteiger partial charge is 0.254 e. The van der Waals surface area contributed by atoms with Crippen molar-refractivity contribution in [1.82, 2.24) is 10.2 Å². The number of methoxy groups -OCH3 is 1. The van der Waals surface area contributed by atoms with E-state index in [9.17, 15) is 4.79 Å². The van der Waals surface area contributed by atoms with Crippen molar-refractivity contribution in [2.45, 2.75) is 25.9 Å². The molecule has 2 unspecified atom stereocenters. The molecular formula is C14H20BrClN2O2. The standard InChI is InChI=1S/C14H19BrN2O2.ClH/c1-9-7-17(8-10(2)16-9)14(18)11-4-5-13(19-3)12(15)6-11;/h4-6,9-10,16H,7-8H2,1-3H3;1H. The highest BCUT2D eigenvalue weighted by atomic mass is 79.9.